The van der Waals surface area contributed by atoms with Crippen LogP contribution in [0.25, 0.3) is 0 Å². The highest BCUT2D eigenvalue weighted by Gasteiger charge is 2.59. The molecule has 1 aliphatic heterocycles. The van der Waals surface area contributed by atoms with Crippen molar-refractivity contribution in [1.82, 2.24) is 4.98 Å². The Morgan fingerprint density at radius 1 is 1.19 bits per heavy atom. The van der Waals surface area contributed by atoms with Gasteiger partial charge in [0.15, 0.2) is 9.84 Å². The predicted octanol–water partition coefficient (Wildman–Crippen LogP) is 2.31. The Bertz CT molecular complexity index is 1000. The fraction of sp³-hybridized carbons (Fsp3) is 0.294. The molecule has 10 heteroatoms. The summed E-state index contributed by atoms with van der Waals surface area (Å²) in [5, 5.41) is 10.1. The predicted molar refractivity (Wildman–Crippen MR) is 93.4 cm³/mol. The van der Waals surface area contributed by atoms with Gasteiger partial charge in [-0.2, -0.15) is 13.2 Å². The zero-order valence-electron chi connectivity index (χ0n) is 14.4. The van der Waals surface area contributed by atoms with Gasteiger partial charge >= 0.3 is 6.18 Å². The number of benzene rings is 1. The Kier molecular flexibility index (Phi) is 4.51. The molecule has 0 aliphatic carbocycles. The van der Waals surface area contributed by atoms with E-state index in [0.29, 0.717) is 11.3 Å². The van der Waals surface area contributed by atoms with E-state index in [1.807, 2.05) is 0 Å². The molecule has 1 atom stereocenters. The number of aliphatic hydroxyl groups is 1. The minimum atomic E-state index is -4.98. The normalized spacial score (nSPS) is 20.7. The van der Waals surface area contributed by atoms with Crippen LogP contribution >= 0.6 is 0 Å². The van der Waals surface area contributed by atoms with Crippen molar-refractivity contribution in [3.8, 4) is 0 Å². The summed E-state index contributed by atoms with van der Waals surface area (Å²) in [5.41, 5.74) is -2.23. The standard InChI is InChI=1S/C17H16F3N3O3S/c1-11-14(4-3-9-21-11)15-22-16(24,17(18,19)20)10-23(15)12-5-7-13(8-6-12)27(2,25)26/h3-9,24H,10H2,1-2H3. The van der Waals surface area contributed by atoms with E-state index in [9.17, 15) is 26.7 Å². The molecule has 0 saturated carbocycles. The number of aromatic nitrogens is 1. The molecule has 1 N–H and O–H groups in total. The summed E-state index contributed by atoms with van der Waals surface area (Å²) < 4.78 is 63.3. The maximum Gasteiger partial charge on any atom is 0.440 e. The monoisotopic (exact) mass is 399 g/mol. The molecule has 1 aromatic carbocycles. The summed E-state index contributed by atoms with van der Waals surface area (Å²) >= 11 is 0. The molecule has 2 aromatic rings. The zero-order valence-corrected chi connectivity index (χ0v) is 15.2. The van der Waals surface area contributed by atoms with Crippen LogP contribution in [0.5, 0.6) is 0 Å². The van der Waals surface area contributed by atoms with Gasteiger partial charge in [0.25, 0.3) is 5.72 Å². The van der Waals surface area contributed by atoms with Crippen molar-refractivity contribution >= 4 is 21.4 Å². The lowest BCUT2D eigenvalue weighted by Crippen LogP contribution is -2.47. The van der Waals surface area contributed by atoms with Crippen molar-refractivity contribution in [3.63, 3.8) is 0 Å². The number of alkyl halides is 3. The molecule has 0 amide bonds. The third-order valence-corrected chi connectivity index (χ3v) is 5.33. The van der Waals surface area contributed by atoms with Crippen LogP contribution in [0.1, 0.15) is 11.3 Å². The molecule has 1 aliphatic rings. The second-order valence-corrected chi connectivity index (χ2v) is 8.25. The minimum absolute atomic E-state index is 0.0348. The van der Waals surface area contributed by atoms with Crippen LogP contribution in [0, 0.1) is 6.92 Å². The number of aliphatic imine (C=N–C) groups is 1. The molecule has 6 nitrogen and oxygen atoms in total. The molecule has 0 fully saturated rings. The molecule has 144 valence electrons. The molecule has 0 spiro atoms. The van der Waals surface area contributed by atoms with Crippen molar-refractivity contribution in [2.24, 2.45) is 4.99 Å². The Morgan fingerprint density at radius 3 is 2.33 bits per heavy atom. The van der Waals surface area contributed by atoms with Gasteiger partial charge in [-0.15, -0.1) is 0 Å². The SMILES string of the molecule is Cc1ncccc1C1=NC(O)(C(F)(F)F)CN1c1ccc(S(C)(=O)=O)cc1. The van der Waals surface area contributed by atoms with Gasteiger partial charge in [0, 0.05) is 29.4 Å². The second-order valence-electron chi connectivity index (χ2n) is 6.24. The molecule has 0 bridgehead atoms. The van der Waals surface area contributed by atoms with Crippen LogP contribution in [0.3, 0.4) is 0 Å². The van der Waals surface area contributed by atoms with E-state index in [0.717, 1.165) is 6.26 Å². The summed E-state index contributed by atoms with van der Waals surface area (Å²) in [7, 11) is -3.45. The van der Waals surface area contributed by atoms with E-state index in [1.165, 1.54) is 35.4 Å². The Labute approximate surface area is 153 Å². The summed E-state index contributed by atoms with van der Waals surface area (Å²) in [6.07, 6.45) is -2.45. The van der Waals surface area contributed by atoms with Crippen LogP contribution < -0.4 is 4.90 Å². The van der Waals surface area contributed by atoms with Gasteiger partial charge in [0.2, 0.25) is 0 Å². The molecule has 0 radical (unpaired) electrons. The van der Waals surface area contributed by atoms with Gasteiger partial charge < -0.3 is 10.0 Å². The molecule has 0 saturated heterocycles. The fourth-order valence-corrected chi connectivity index (χ4v) is 3.36. The summed E-state index contributed by atoms with van der Waals surface area (Å²) in [5.74, 6) is -0.0902. The Hall–Kier alpha value is -2.46. The third-order valence-electron chi connectivity index (χ3n) is 4.20. The highest BCUT2D eigenvalue weighted by atomic mass is 32.2. The number of rotatable bonds is 3. The molecule has 27 heavy (non-hydrogen) atoms. The van der Waals surface area contributed by atoms with Gasteiger partial charge in [0.1, 0.15) is 5.84 Å². The van der Waals surface area contributed by atoms with Crippen LogP contribution in [-0.4, -0.2) is 49.0 Å². The lowest BCUT2D eigenvalue weighted by Gasteiger charge is -2.26. The number of hydrogen-bond acceptors (Lipinski definition) is 6. The number of hydrogen-bond donors (Lipinski definition) is 1. The highest BCUT2D eigenvalue weighted by molar-refractivity contribution is 7.90. The minimum Gasteiger partial charge on any atom is -0.361 e. The van der Waals surface area contributed by atoms with E-state index in [-0.39, 0.29) is 16.4 Å². The van der Waals surface area contributed by atoms with E-state index >= 15 is 0 Å². The smallest absolute Gasteiger partial charge is 0.361 e. The summed E-state index contributed by atoms with van der Waals surface area (Å²) in [6.45, 7) is 0.770. The lowest BCUT2D eigenvalue weighted by atomic mass is 10.1. The molecule has 1 aromatic heterocycles. The van der Waals surface area contributed by atoms with Gasteiger partial charge in [0.05, 0.1) is 11.4 Å². The fourth-order valence-electron chi connectivity index (χ4n) is 2.73. The van der Waals surface area contributed by atoms with Crippen molar-refractivity contribution in [3.05, 3.63) is 53.9 Å². The Balaban J connectivity index is 2.11. The summed E-state index contributed by atoms with van der Waals surface area (Å²) in [6, 6.07) is 8.45. The molecular formula is C17H16F3N3O3S. The van der Waals surface area contributed by atoms with E-state index in [1.54, 1.807) is 19.1 Å². The first-order chi connectivity index (χ1) is 12.4. The third kappa shape index (κ3) is 3.54. The zero-order chi connectivity index (χ0) is 20.0. The number of anilines is 1. The average Bonchev–Trinajstić information content (AvgIpc) is 2.93. The van der Waals surface area contributed by atoms with Crippen molar-refractivity contribution in [2.75, 3.05) is 17.7 Å². The van der Waals surface area contributed by atoms with Crippen LogP contribution in [-0.2, 0) is 9.84 Å². The second kappa shape index (κ2) is 6.31. The van der Waals surface area contributed by atoms with E-state index in [2.05, 4.69) is 9.98 Å². The quantitative estimate of drug-likeness (QED) is 0.857. The van der Waals surface area contributed by atoms with Gasteiger partial charge in [-0.3, -0.25) is 4.98 Å². The summed E-state index contributed by atoms with van der Waals surface area (Å²) in [4.78, 5) is 8.86. The largest absolute Gasteiger partial charge is 0.440 e. The maximum atomic E-state index is 13.4. The highest BCUT2D eigenvalue weighted by Crippen LogP contribution is 2.39. The number of halogens is 3. The van der Waals surface area contributed by atoms with Crippen LogP contribution in [0.4, 0.5) is 18.9 Å². The number of sulfone groups is 1. The molecular weight excluding hydrogens is 383 g/mol. The first kappa shape index (κ1) is 19.3. The molecule has 3 rings (SSSR count). The first-order valence-corrected chi connectivity index (χ1v) is 9.70. The van der Waals surface area contributed by atoms with Crippen LogP contribution in [0.2, 0.25) is 0 Å². The molecule has 2 heterocycles. The molecule has 1 unspecified atom stereocenters. The number of pyridine rings is 1. The first-order valence-electron chi connectivity index (χ1n) is 7.81. The average molecular weight is 399 g/mol. The maximum absolute atomic E-state index is 13.4. The van der Waals surface area contributed by atoms with E-state index in [4.69, 9.17) is 0 Å². The Morgan fingerprint density at radius 2 is 1.81 bits per heavy atom. The lowest BCUT2D eigenvalue weighted by molar-refractivity contribution is -0.249. The van der Waals surface area contributed by atoms with Gasteiger partial charge in [-0.1, -0.05) is 0 Å². The number of β-amino-alcohol motifs (C(OH)–C–C–N with tert-alkyl or cyclic N) is 1. The number of aryl methyl sites for hydroxylation is 1. The topological polar surface area (TPSA) is 82.9 Å². The van der Waals surface area contributed by atoms with Crippen LogP contribution in [0.15, 0.2) is 52.5 Å². The number of nitrogens with zero attached hydrogens (tertiary/aromatic N) is 3. The number of amidine groups is 1. The van der Waals surface area contributed by atoms with Gasteiger partial charge in [-0.05, 0) is 43.3 Å². The van der Waals surface area contributed by atoms with Crippen molar-refractivity contribution in [1.29, 1.82) is 0 Å². The van der Waals surface area contributed by atoms with E-state index < -0.39 is 28.3 Å². The van der Waals surface area contributed by atoms with Crippen molar-refractivity contribution in [2.45, 2.75) is 23.7 Å². The van der Waals surface area contributed by atoms with Crippen molar-refractivity contribution < 1.29 is 26.7 Å². The van der Waals surface area contributed by atoms with Gasteiger partial charge in [-0.25, -0.2) is 13.4 Å².